The number of carboxylic acid groups (broad SMARTS) is 1. The molecule has 23 heavy (non-hydrogen) atoms. The van der Waals surface area contributed by atoms with Crippen LogP contribution in [0.3, 0.4) is 0 Å². The minimum absolute atomic E-state index is 0.0192. The first-order valence-corrected chi connectivity index (χ1v) is 8.79. The molecule has 2 fully saturated rings. The number of hydrogen-bond acceptors (Lipinski definition) is 5. The molecule has 0 unspecified atom stereocenters. The SMILES string of the molecule is O=C([O-])c1ccccc1S[C@@H]1CC(=O)N(C2CCCCC2)C1=O. The Bertz CT molecular complexity index is 639. The zero-order valence-electron chi connectivity index (χ0n) is 12.7. The van der Waals surface area contributed by atoms with Gasteiger partial charge in [0.15, 0.2) is 0 Å². The summed E-state index contributed by atoms with van der Waals surface area (Å²) in [7, 11) is 0. The lowest BCUT2D eigenvalue weighted by Crippen LogP contribution is -2.41. The van der Waals surface area contributed by atoms with Gasteiger partial charge in [-0.25, -0.2) is 0 Å². The fourth-order valence-electron chi connectivity index (χ4n) is 3.33. The van der Waals surface area contributed by atoms with Crippen molar-refractivity contribution in [3.63, 3.8) is 0 Å². The Kier molecular flexibility index (Phi) is 4.71. The van der Waals surface area contributed by atoms with Gasteiger partial charge in [-0.1, -0.05) is 37.5 Å². The van der Waals surface area contributed by atoms with E-state index in [1.807, 2.05) is 0 Å². The van der Waals surface area contributed by atoms with E-state index in [-0.39, 0.29) is 29.8 Å². The second kappa shape index (κ2) is 6.74. The van der Waals surface area contributed by atoms with Gasteiger partial charge in [0, 0.05) is 22.9 Å². The van der Waals surface area contributed by atoms with Gasteiger partial charge < -0.3 is 9.90 Å². The average molecular weight is 332 g/mol. The lowest BCUT2D eigenvalue weighted by Gasteiger charge is -2.29. The van der Waals surface area contributed by atoms with Gasteiger partial charge in [-0.05, 0) is 18.9 Å². The third kappa shape index (κ3) is 3.27. The molecule has 0 radical (unpaired) electrons. The third-order valence-electron chi connectivity index (χ3n) is 4.46. The highest BCUT2D eigenvalue weighted by Crippen LogP contribution is 2.36. The minimum atomic E-state index is -1.27. The molecule has 0 bridgehead atoms. The summed E-state index contributed by atoms with van der Waals surface area (Å²) in [5.74, 6) is -1.58. The molecule has 6 heteroatoms. The summed E-state index contributed by atoms with van der Waals surface area (Å²) in [5.41, 5.74) is 0.0638. The zero-order chi connectivity index (χ0) is 16.4. The molecule has 0 N–H and O–H groups in total. The lowest BCUT2D eigenvalue weighted by atomic mass is 9.94. The van der Waals surface area contributed by atoms with E-state index in [4.69, 9.17) is 0 Å². The number of carbonyl (C=O) groups is 3. The van der Waals surface area contributed by atoms with Crippen LogP contribution in [-0.2, 0) is 9.59 Å². The van der Waals surface area contributed by atoms with Crippen LogP contribution in [0, 0.1) is 0 Å². The van der Waals surface area contributed by atoms with Gasteiger partial charge in [0.25, 0.3) is 0 Å². The average Bonchev–Trinajstić information content (AvgIpc) is 2.82. The van der Waals surface area contributed by atoms with Crippen molar-refractivity contribution in [3.8, 4) is 0 Å². The van der Waals surface area contributed by atoms with Gasteiger partial charge in [-0.2, -0.15) is 0 Å². The maximum atomic E-state index is 12.6. The number of benzene rings is 1. The van der Waals surface area contributed by atoms with Crippen molar-refractivity contribution in [2.45, 2.75) is 54.7 Å². The van der Waals surface area contributed by atoms with Crippen LogP contribution in [0.15, 0.2) is 29.2 Å². The molecule has 2 amide bonds. The number of thioether (sulfide) groups is 1. The number of carboxylic acids is 1. The molecule has 1 saturated carbocycles. The summed E-state index contributed by atoms with van der Waals surface area (Å²) in [4.78, 5) is 38.0. The van der Waals surface area contributed by atoms with Gasteiger partial charge in [-0.15, -0.1) is 11.8 Å². The number of aromatic carboxylic acids is 1. The first kappa shape index (κ1) is 16.1. The quantitative estimate of drug-likeness (QED) is 0.783. The molecule has 1 heterocycles. The van der Waals surface area contributed by atoms with Crippen molar-refractivity contribution in [2.75, 3.05) is 0 Å². The Labute approximate surface area is 139 Å². The number of rotatable bonds is 4. The van der Waals surface area contributed by atoms with E-state index < -0.39 is 11.2 Å². The largest absolute Gasteiger partial charge is 0.545 e. The zero-order valence-corrected chi connectivity index (χ0v) is 13.5. The third-order valence-corrected chi connectivity index (χ3v) is 5.72. The Balaban J connectivity index is 1.76. The van der Waals surface area contributed by atoms with Gasteiger partial charge in [-0.3, -0.25) is 14.5 Å². The molecule has 0 aromatic heterocycles. The van der Waals surface area contributed by atoms with Crippen LogP contribution >= 0.6 is 11.8 Å². The number of amides is 2. The van der Waals surface area contributed by atoms with Crippen LogP contribution in [0.2, 0.25) is 0 Å². The summed E-state index contributed by atoms with van der Waals surface area (Å²) in [6, 6.07) is 6.46. The Hall–Kier alpha value is -1.82. The van der Waals surface area contributed by atoms with Gasteiger partial charge in [0.2, 0.25) is 11.8 Å². The van der Waals surface area contributed by atoms with Crippen LogP contribution in [0.25, 0.3) is 0 Å². The number of hydrogen-bond donors (Lipinski definition) is 0. The predicted molar refractivity (Wildman–Crippen MR) is 83.8 cm³/mol. The summed E-state index contributed by atoms with van der Waals surface area (Å²) >= 11 is 1.15. The monoisotopic (exact) mass is 332 g/mol. The number of carbonyl (C=O) groups excluding carboxylic acids is 3. The first-order valence-electron chi connectivity index (χ1n) is 7.91. The highest BCUT2D eigenvalue weighted by atomic mass is 32.2. The highest BCUT2D eigenvalue weighted by Gasteiger charge is 2.43. The smallest absolute Gasteiger partial charge is 0.243 e. The molecule has 3 rings (SSSR count). The number of nitrogens with zero attached hydrogens (tertiary/aromatic N) is 1. The second-order valence-electron chi connectivity index (χ2n) is 5.99. The van der Waals surface area contributed by atoms with Gasteiger partial charge in [0.05, 0.1) is 11.2 Å². The Morgan fingerprint density at radius 3 is 2.52 bits per heavy atom. The van der Waals surface area contributed by atoms with Gasteiger partial charge in [0.1, 0.15) is 0 Å². The maximum Gasteiger partial charge on any atom is 0.243 e. The normalized spacial score (nSPS) is 22.6. The van der Waals surface area contributed by atoms with Crippen LogP contribution in [0.5, 0.6) is 0 Å². The summed E-state index contributed by atoms with van der Waals surface area (Å²) in [6.07, 6.45) is 5.15. The second-order valence-corrected chi connectivity index (χ2v) is 7.23. The van der Waals surface area contributed by atoms with E-state index in [1.54, 1.807) is 18.2 Å². The van der Waals surface area contributed by atoms with Gasteiger partial charge >= 0.3 is 0 Å². The molecule has 2 aliphatic rings. The van der Waals surface area contributed by atoms with Crippen molar-refractivity contribution in [3.05, 3.63) is 29.8 Å². The van der Waals surface area contributed by atoms with Crippen LogP contribution in [-0.4, -0.2) is 34.0 Å². The van der Waals surface area contributed by atoms with Crippen molar-refractivity contribution in [1.29, 1.82) is 0 Å². The molecule has 1 aromatic carbocycles. The van der Waals surface area contributed by atoms with Crippen LogP contribution < -0.4 is 5.11 Å². The van der Waals surface area contributed by atoms with Crippen LogP contribution in [0.1, 0.15) is 48.9 Å². The summed E-state index contributed by atoms with van der Waals surface area (Å²) in [6.45, 7) is 0. The Morgan fingerprint density at radius 2 is 1.83 bits per heavy atom. The fraction of sp³-hybridized carbons (Fsp3) is 0.471. The van der Waals surface area contributed by atoms with E-state index >= 15 is 0 Å². The molecule has 5 nitrogen and oxygen atoms in total. The molecular weight excluding hydrogens is 314 g/mol. The molecular formula is C17H18NO4S-. The topological polar surface area (TPSA) is 77.5 Å². The molecule has 1 saturated heterocycles. The minimum Gasteiger partial charge on any atom is -0.545 e. The predicted octanol–water partition coefficient (Wildman–Crippen LogP) is 1.60. The molecule has 1 aliphatic carbocycles. The molecule has 122 valence electrons. The maximum absolute atomic E-state index is 12.6. The number of likely N-dealkylation sites (tertiary alicyclic amines) is 1. The van der Waals surface area contributed by atoms with Crippen molar-refractivity contribution in [1.82, 2.24) is 4.90 Å². The molecule has 1 aliphatic heterocycles. The van der Waals surface area contributed by atoms with E-state index in [0.717, 1.165) is 43.9 Å². The first-order chi connectivity index (χ1) is 11.1. The van der Waals surface area contributed by atoms with Crippen LogP contribution in [0.4, 0.5) is 0 Å². The van der Waals surface area contributed by atoms with Crippen molar-refractivity contribution >= 4 is 29.5 Å². The molecule has 1 atom stereocenters. The highest BCUT2D eigenvalue weighted by molar-refractivity contribution is 8.00. The molecule has 1 aromatic rings. The standard InChI is InChI=1S/C17H19NO4S/c19-15-10-14(16(20)18(15)11-6-2-1-3-7-11)23-13-9-5-4-8-12(13)17(21)22/h4-5,8-9,11,14H,1-3,6-7,10H2,(H,21,22)/p-1/t14-/m1/s1. The van der Waals surface area contributed by atoms with Crippen molar-refractivity contribution in [2.24, 2.45) is 0 Å². The Morgan fingerprint density at radius 1 is 1.13 bits per heavy atom. The van der Waals surface area contributed by atoms with E-state index in [2.05, 4.69) is 0 Å². The summed E-state index contributed by atoms with van der Waals surface area (Å²) in [5, 5.41) is 10.6. The van der Waals surface area contributed by atoms with Crippen molar-refractivity contribution < 1.29 is 19.5 Å². The van der Waals surface area contributed by atoms with E-state index in [0.29, 0.717) is 4.90 Å². The number of imide groups is 1. The summed E-state index contributed by atoms with van der Waals surface area (Å²) < 4.78 is 0. The lowest BCUT2D eigenvalue weighted by molar-refractivity contribution is -0.255. The van der Waals surface area contributed by atoms with E-state index in [9.17, 15) is 19.5 Å². The molecule has 0 spiro atoms. The fourth-order valence-corrected chi connectivity index (χ4v) is 4.51. The van der Waals surface area contributed by atoms with E-state index in [1.165, 1.54) is 11.0 Å².